The van der Waals surface area contributed by atoms with Crippen LogP contribution in [-0.4, -0.2) is 34.5 Å². The Morgan fingerprint density at radius 3 is 3.00 bits per heavy atom. The summed E-state index contributed by atoms with van der Waals surface area (Å²) in [6.45, 7) is 6.09. The Labute approximate surface area is 119 Å². The van der Waals surface area contributed by atoms with Gasteiger partial charge in [0.05, 0.1) is 0 Å². The summed E-state index contributed by atoms with van der Waals surface area (Å²) in [7, 11) is 0. The molecule has 1 N–H and O–H groups in total. The van der Waals surface area contributed by atoms with Gasteiger partial charge in [0.25, 0.3) is 0 Å². The lowest BCUT2D eigenvalue weighted by Crippen LogP contribution is -2.45. The highest BCUT2D eigenvalue weighted by Crippen LogP contribution is 2.23. The van der Waals surface area contributed by atoms with Gasteiger partial charge in [0.2, 0.25) is 0 Å². The monoisotopic (exact) mass is 268 g/mol. The standard InChI is InChI=1S/C16H20N4/c1-13-15(5-3-7-19-13)12-20-9-8-18-11-16(20)14-4-2-6-17-10-14/h2-7,10,16,18H,8-9,11-12H2,1H3. The minimum Gasteiger partial charge on any atom is -0.314 e. The van der Waals surface area contributed by atoms with Crippen LogP contribution in [0.4, 0.5) is 0 Å². The maximum absolute atomic E-state index is 4.39. The van der Waals surface area contributed by atoms with E-state index in [1.807, 2.05) is 30.7 Å². The normalized spacial score (nSPS) is 19.9. The first-order valence-corrected chi connectivity index (χ1v) is 7.10. The van der Waals surface area contributed by atoms with Gasteiger partial charge >= 0.3 is 0 Å². The SMILES string of the molecule is Cc1ncccc1CN1CCNCC1c1cccnc1. The molecule has 1 unspecified atom stereocenters. The van der Waals surface area contributed by atoms with Crippen molar-refractivity contribution in [1.82, 2.24) is 20.2 Å². The fourth-order valence-electron chi connectivity index (χ4n) is 2.74. The minimum absolute atomic E-state index is 0.386. The third-order valence-electron chi connectivity index (χ3n) is 3.91. The second kappa shape index (κ2) is 6.11. The van der Waals surface area contributed by atoms with E-state index in [1.165, 1.54) is 11.1 Å². The molecule has 2 aromatic rings. The van der Waals surface area contributed by atoms with E-state index in [0.717, 1.165) is 31.9 Å². The van der Waals surface area contributed by atoms with Gasteiger partial charge in [-0.1, -0.05) is 12.1 Å². The molecule has 0 saturated carbocycles. The maximum Gasteiger partial charge on any atom is 0.0492 e. The molecule has 0 amide bonds. The topological polar surface area (TPSA) is 41.1 Å². The molecular formula is C16H20N4. The van der Waals surface area contributed by atoms with Gasteiger partial charge < -0.3 is 5.32 Å². The Balaban J connectivity index is 1.81. The molecule has 104 valence electrons. The molecular weight excluding hydrogens is 248 g/mol. The summed E-state index contributed by atoms with van der Waals surface area (Å²) in [5.74, 6) is 0. The highest BCUT2D eigenvalue weighted by atomic mass is 15.2. The van der Waals surface area contributed by atoms with Gasteiger partial charge in [0.15, 0.2) is 0 Å². The predicted molar refractivity (Wildman–Crippen MR) is 79.2 cm³/mol. The number of hydrogen-bond donors (Lipinski definition) is 1. The van der Waals surface area contributed by atoms with E-state index >= 15 is 0 Å². The van der Waals surface area contributed by atoms with Crippen LogP contribution in [0.2, 0.25) is 0 Å². The molecule has 1 aliphatic heterocycles. The Morgan fingerprint density at radius 2 is 2.20 bits per heavy atom. The lowest BCUT2D eigenvalue weighted by atomic mass is 10.0. The average Bonchev–Trinajstić information content (AvgIpc) is 2.51. The molecule has 20 heavy (non-hydrogen) atoms. The van der Waals surface area contributed by atoms with Gasteiger partial charge in [0.1, 0.15) is 0 Å². The van der Waals surface area contributed by atoms with Crippen molar-refractivity contribution in [2.45, 2.75) is 19.5 Å². The lowest BCUT2D eigenvalue weighted by Gasteiger charge is -2.36. The fourth-order valence-corrected chi connectivity index (χ4v) is 2.74. The van der Waals surface area contributed by atoms with E-state index in [0.29, 0.717) is 6.04 Å². The van der Waals surface area contributed by atoms with E-state index in [2.05, 4.69) is 39.2 Å². The molecule has 1 aliphatic rings. The average molecular weight is 268 g/mol. The van der Waals surface area contributed by atoms with Crippen molar-refractivity contribution in [3.05, 3.63) is 59.7 Å². The summed E-state index contributed by atoms with van der Waals surface area (Å²) < 4.78 is 0. The van der Waals surface area contributed by atoms with Crippen LogP contribution in [0, 0.1) is 6.92 Å². The number of nitrogens with zero attached hydrogens (tertiary/aromatic N) is 3. The summed E-state index contributed by atoms with van der Waals surface area (Å²) in [4.78, 5) is 11.2. The predicted octanol–water partition coefficient (Wildman–Crippen LogP) is 1.93. The van der Waals surface area contributed by atoms with Crippen molar-refractivity contribution < 1.29 is 0 Å². The van der Waals surface area contributed by atoms with E-state index in [1.54, 1.807) is 0 Å². The molecule has 3 rings (SSSR count). The highest BCUT2D eigenvalue weighted by molar-refractivity contribution is 5.20. The van der Waals surface area contributed by atoms with Crippen molar-refractivity contribution in [1.29, 1.82) is 0 Å². The van der Waals surface area contributed by atoms with Crippen LogP contribution in [0.3, 0.4) is 0 Å². The number of hydrogen-bond acceptors (Lipinski definition) is 4. The van der Waals surface area contributed by atoms with Crippen LogP contribution in [0.5, 0.6) is 0 Å². The van der Waals surface area contributed by atoms with E-state index in [9.17, 15) is 0 Å². The Morgan fingerprint density at radius 1 is 1.30 bits per heavy atom. The van der Waals surface area contributed by atoms with Crippen LogP contribution < -0.4 is 5.32 Å². The molecule has 4 nitrogen and oxygen atoms in total. The summed E-state index contributed by atoms with van der Waals surface area (Å²) in [5, 5.41) is 3.48. The molecule has 0 aromatic carbocycles. The van der Waals surface area contributed by atoms with Crippen molar-refractivity contribution in [3.8, 4) is 0 Å². The largest absolute Gasteiger partial charge is 0.314 e. The number of nitrogens with one attached hydrogen (secondary N) is 1. The summed E-state index contributed by atoms with van der Waals surface area (Å²) in [6.07, 6.45) is 5.66. The van der Waals surface area contributed by atoms with Crippen LogP contribution in [0.1, 0.15) is 22.9 Å². The number of pyridine rings is 2. The first-order chi connectivity index (χ1) is 9.84. The van der Waals surface area contributed by atoms with E-state index in [4.69, 9.17) is 0 Å². The molecule has 0 bridgehead atoms. The van der Waals surface area contributed by atoms with Gasteiger partial charge in [-0.25, -0.2) is 0 Å². The Hall–Kier alpha value is -1.78. The number of aromatic nitrogens is 2. The molecule has 0 radical (unpaired) electrons. The molecule has 1 fully saturated rings. The molecule has 1 atom stereocenters. The molecule has 1 saturated heterocycles. The first kappa shape index (κ1) is 13.2. The number of rotatable bonds is 3. The zero-order chi connectivity index (χ0) is 13.8. The Kier molecular flexibility index (Phi) is 4.04. The van der Waals surface area contributed by atoms with Gasteiger partial charge in [-0.2, -0.15) is 0 Å². The first-order valence-electron chi connectivity index (χ1n) is 7.10. The molecule has 3 heterocycles. The second-order valence-electron chi connectivity index (χ2n) is 5.22. The second-order valence-corrected chi connectivity index (χ2v) is 5.22. The zero-order valence-electron chi connectivity index (χ0n) is 11.8. The molecule has 0 spiro atoms. The van der Waals surface area contributed by atoms with Gasteiger partial charge in [-0.3, -0.25) is 14.9 Å². The van der Waals surface area contributed by atoms with E-state index < -0.39 is 0 Å². The van der Waals surface area contributed by atoms with Gasteiger partial charge in [-0.05, 0) is 30.2 Å². The minimum atomic E-state index is 0.386. The maximum atomic E-state index is 4.39. The van der Waals surface area contributed by atoms with Crippen molar-refractivity contribution in [2.24, 2.45) is 0 Å². The van der Waals surface area contributed by atoms with Crippen LogP contribution in [-0.2, 0) is 6.54 Å². The highest BCUT2D eigenvalue weighted by Gasteiger charge is 2.24. The van der Waals surface area contributed by atoms with E-state index in [-0.39, 0.29) is 0 Å². The smallest absolute Gasteiger partial charge is 0.0492 e. The van der Waals surface area contributed by atoms with Crippen molar-refractivity contribution in [2.75, 3.05) is 19.6 Å². The third-order valence-corrected chi connectivity index (χ3v) is 3.91. The summed E-state index contributed by atoms with van der Waals surface area (Å²) in [6, 6.07) is 8.75. The summed E-state index contributed by atoms with van der Waals surface area (Å²) >= 11 is 0. The fraction of sp³-hybridized carbons (Fsp3) is 0.375. The van der Waals surface area contributed by atoms with Crippen molar-refractivity contribution >= 4 is 0 Å². The van der Waals surface area contributed by atoms with Crippen LogP contribution >= 0.6 is 0 Å². The molecule has 0 aliphatic carbocycles. The van der Waals surface area contributed by atoms with Crippen LogP contribution in [0.25, 0.3) is 0 Å². The third kappa shape index (κ3) is 2.86. The van der Waals surface area contributed by atoms with Gasteiger partial charge in [0, 0.05) is 56.5 Å². The number of aryl methyl sites for hydroxylation is 1. The molecule has 2 aromatic heterocycles. The molecule has 4 heteroatoms. The lowest BCUT2D eigenvalue weighted by molar-refractivity contribution is 0.153. The quantitative estimate of drug-likeness (QED) is 0.923. The van der Waals surface area contributed by atoms with Crippen molar-refractivity contribution in [3.63, 3.8) is 0 Å². The number of piperazine rings is 1. The van der Waals surface area contributed by atoms with Gasteiger partial charge in [-0.15, -0.1) is 0 Å². The Bertz CT molecular complexity index is 555. The van der Waals surface area contributed by atoms with Crippen LogP contribution in [0.15, 0.2) is 42.9 Å². The summed E-state index contributed by atoms with van der Waals surface area (Å²) in [5.41, 5.74) is 3.71. The zero-order valence-corrected chi connectivity index (χ0v) is 11.8.